The minimum atomic E-state index is 0. The van der Waals surface area contributed by atoms with Crippen LogP contribution in [0.25, 0.3) is 0 Å². The van der Waals surface area contributed by atoms with Crippen molar-refractivity contribution in [1.82, 2.24) is 20.4 Å². The molecule has 1 atom stereocenters. The van der Waals surface area contributed by atoms with Gasteiger partial charge in [0, 0.05) is 32.3 Å². The number of nitrogens with one attached hydrogen (secondary N) is 2. The number of nitrogens with zero attached hydrogens (tertiary/aromatic N) is 2. The molecule has 0 spiro atoms. The molecule has 5 nitrogen and oxygen atoms in total. The molecule has 1 unspecified atom stereocenters. The fraction of sp³-hybridized carbons (Fsp3) is 0.667. The van der Waals surface area contributed by atoms with Crippen molar-refractivity contribution in [2.45, 2.75) is 31.7 Å². The summed E-state index contributed by atoms with van der Waals surface area (Å²) in [6.45, 7) is 1.84. The highest BCUT2D eigenvalue weighted by Gasteiger charge is 2.14. The van der Waals surface area contributed by atoms with Crippen LogP contribution in [0.5, 0.6) is 0 Å². The number of carbonyl (C=O) groups excluding carboxylic acids is 1. The Morgan fingerprint density at radius 1 is 1.58 bits per heavy atom. The van der Waals surface area contributed by atoms with Gasteiger partial charge in [-0.2, -0.15) is 5.10 Å². The summed E-state index contributed by atoms with van der Waals surface area (Å²) in [5, 5.41) is 10.4. The van der Waals surface area contributed by atoms with Crippen LogP contribution in [0, 0.1) is 0 Å². The Labute approximate surface area is 126 Å². The van der Waals surface area contributed by atoms with E-state index in [-0.39, 0.29) is 30.7 Å². The molecule has 2 heterocycles. The second-order valence-electron chi connectivity index (χ2n) is 4.62. The highest BCUT2D eigenvalue weighted by atomic mass is 35.5. The molecule has 1 aliphatic rings. The number of aromatic nitrogens is 2. The molecule has 0 aromatic carbocycles. The zero-order valence-corrected chi connectivity index (χ0v) is 12.7. The fourth-order valence-corrected chi connectivity index (χ4v) is 2.12. The van der Waals surface area contributed by atoms with Crippen LogP contribution >= 0.6 is 24.8 Å². The lowest BCUT2D eigenvalue weighted by molar-refractivity contribution is -0.121. The van der Waals surface area contributed by atoms with Crippen LogP contribution in [0.2, 0.25) is 0 Å². The Kier molecular flexibility index (Phi) is 8.80. The van der Waals surface area contributed by atoms with Gasteiger partial charge in [0.05, 0.1) is 6.20 Å². The molecule has 2 rings (SSSR count). The van der Waals surface area contributed by atoms with Crippen LogP contribution in [-0.4, -0.2) is 34.8 Å². The molecule has 0 saturated carbocycles. The van der Waals surface area contributed by atoms with Gasteiger partial charge in [0.2, 0.25) is 5.91 Å². The summed E-state index contributed by atoms with van der Waals surface area (Å²) in [5.41, 5.74) is 1.11. The lowest BCUT2D eigenvalue weighted by atomic mass is 10.2. The van der Waals surface area contributed by atoms with Gasteiger partial charge in [-0.25, -0.2) is 0 Å². The molecule has 7 heteroatoms. The summed E-state index contributed by atoms with van der Waals surface area (Å²) in [7, 11) is 1.88. The van der Waals surface area contributed by atoms with Gasteiger partial charge in [0.1, 0.15) is 0 Å². The van der Waals surface area contributed by atoms with E-state index in [1.54, 1.807) is 4.68 Å². The van der Waals surface area contributed by atoms with Crippen molar-refractivity contribution in [3.63, 3.8) is 0 Å². The van der Waals surface area contributed by atoms with Crippen LogP contribution in [0.15, 0.2) is 12.4 Å². The van der Waals surface area contributed by atoms with Crippen molar-refractivity contribution in [3.8, 4) is 0 Å². The van der Waals surface area contributed by atoms with Crippen molar-refractivity contribution in [3.05, 3.63) is 18.0 Å². The monoisotopic (exact) mass is 308 g/mol. The largest absolute Gasteiger partial charge is 0.355 e. The van der Waals surface area contributed by atoms with Gasteiger partial charge in [0.15, 0.2) is 0 Å². The van der Waals surface area contributed by atoms with E-state index < -0.39 is 0 Å². The number of hydrogen-bond donors (Lipinski definition) is 2. The number of aryl methyl sites for hydroxylation is 2. The molecule has 1 aromatic heterocycles. The summed E-state index contributed by atoms with van der Waals surface area (Å²) >= 11 is 0. The van der Waals surface area contributed by atoms with Crippen molar-refractivity contribution < 1.29 is 4.79 Å². The Bertz CT molecular complexity index is 378. The van der Waals surface area contributed by atoms with Gasteiger partial charge < -0.3 is 10.6 Å². The average Bonchev–Trinajstić information content (AvgIpc) is 2.95. The van der Waals surface area contributed by atoms with Gasteiger partial charge >= 0.3 is 0 Å². The molecule has 1 saturated heterocycles. The summed E-state index contributed by atoms with van der Waals surface area (Å²) in [6, 6.07) is 0.470. The number of halogens is 2. The van der Waals surface area contributed by atoms with Gasteiger partial charge in [-0.15, -0.1) is 24.8 Å². The van der Waals surface area contributed by atoms with Gasteiger partial charge in [-0.1, -0.05) is 0 Å². The van der Waals surface area contributed by atoms with Crippen LogP contribution in [0.3, 0.4) is 0 Å². The van der Waals surface area contributed by atoms with E-state index in [4.69, 9.17) is 0 Å². The lowest BCUT2D eigenvalue weighted by Crippen LogP contribution is -2.37. The Morgan fingerprint density at radius 3 is 2.95 bits per heavy atom. The zero-order valence-electron chi connectivity index (χ0n) is 11.1. The van der Waals surface area contributed by atoms with Crippen molar-refractivity contribution in [2.24, 2.45) is 7.05 Å². The maximum Gasteiger partial charge on any atom is 0.220 e. The highest BCUT2D eigenvalue weighted by Crippen LogP contribution is 2.04. The lowest BCUT2D eigenvalue weighted by Gasteiger charge is -2.11. The molecule has 1 aromatic rings. The molecule has 19 heavy (non-hydrogen) atoms. The summed E-state index contributed by atoms with van der Waals surface area (Å²) in [6.07, 6.45) is 7.45. The third kappa shape index (κ3) is 6.27. The molecule has 2 N–H and O–H groups in total. The molecule has 1 aliphatic heterocycles. The molecular weight excluding hydrogens is 287 g/mol. The molecule has 1 fully saturated rings. The Balaban J connectivity index is 0.00000162. The zero-order chi connectivity index (χ0) is 12.1. The predicted molar refractivity (Wildman–Crippen MR) is 80.1 cm³/mol. The first-order valence-corrected chi connectivity index (χ1v) is 6.21. The normalized spacial score (nSPS) is 17.4. The van der Waals surface area contributed by atoms with Crippen LogP contribution in [0.4, 0.5) is 0 Å². The molecular formula is C12H22Cl2N4O. The van der Waals surface area contributed by atoms with E-state index in [0.717, 1.165) is 25.1 Å². The second kappa shape index (κ2) is 9.18. The summed E-state index contributed by atoms with van der Waals surface area (Å²) in [4.78, 5) is 11.6. The maximum absolute atomic E-state index is 11.6. The van der Waals surface area contributed by atoms with Crippen LogP contribution in [-0.2, 0) is 18.3 Å². The first-order chi connectivity index (χ1) is 8.24. The standard InChI is InChI=1S/C12H20N4O.2ClH/c1-16-9-10(7-15-16)4-5-12(17)14-8-11-3-2-6-13-11;;/h7,9,11,13H,2-6,8H2,1H3,(H,14,17);2*1H. The summed E-state index contributed by atoms with van der Waals surface area (Å²) < 4.78 is 1.76. The minimum Gasteiger partial charge on any atom is -0.355 e. The Hall–Kier alpha value is -0.780. The molecule has 0 aliphatic carbocycles. The van der Waals surface area contributed by atoms with Gasteiger partial charge in [0.25, 0.3) is 0 Å². The topological polar surface area (TPSA) is 59.0 Å². The average molecular weight is 309 g/mol. The summed E-state index contributed by atoms with van der Waals surface area (Å²) in [5.74, 6) is 0.127. The molecule has 0 radical (unpaired) electrons. The number of amides is 1. The SMILES string of the molecule is Cl.Cl.Cn1cc(CCC(=O)NCC2CCCN2)cn1. The first kappa shape index (κ1) is 18.2. The smallest absolute Gasteiger partial charge is 0.220 e. The molecule has 0 bridgehead atoms. The van der Waals surface area contributed by atoms with E-state index >= 15 is 0 Å². The van der Waals surface area contributed by atoms with E-state index in [1.165, 1.54) is 12.8 Å². The number of carbonyl (C=O) groups is 1. The first-order valence-electron chi connectivity index (χ1n) is 6.21. The quantitative estimate of drug-likeness (QED) is 0.855. The third-order valence-electron chi connectivity index (χ3n) is 3.11. The van der Waals surface area contributed by atoms with E-state index in [1.807, 2.05) is 19.4 Å². The number of hydrogen-bond acceptors (Lipinski definition) is 3. The fourth-order valence-electron chi connectivity index (χ4n) is 2.12. The van der Waals surface area contributed by atoms with Gasteiger partial charge in [-0.3, -0.25) is 9.48 Å². The van der Waals surface area contributed by atoms with Crippen molar-refractivity contribution >= 4 is 30.7 Å². The van der Waals surface area contributed by atoms with Crippen molar-refractivity contribution in [2.75, 3.05) is 13.1 Å². The van der Waals surface area contributed by atoms with E-state index in [2.05, 4.69) is 15.7 Å². The van der Waals surface area contributed by atoms with Crippen LogP contribution < -0.4 is 10.6 Å². The Morgan fingerprint density at radius 2 is 2.37 bits per heavy atom. The number of rotatable bonds is 5. The van der Waals surface area contributed by atoms with E-state index in [9.17, 15) is 4.79 Å². The predicted octanol–water partition coefficient (Wildman–Crippen LogP) is 1.06. The highest BCUT2D eigenvalue weighted by molar-refractivity contribution is 5.85. The van der Waals surface area contributed by atoms with Crippen molar-refractivity contribution in [1.29, 1.82) is 0 Å². The van der Waals surface area contributed by atoms with Gasteiger partial charge in [-0.05, 0) is 31.4 Å². The van der Waals surface area contributed by atoms with Crippen LogP contribution in [0.1, 0.15) is 24.8 Å². The minimum absolute atomic E-state index is 0. The van der Waals surface area contributed by atoms with E-state index in [0.29, 0.717) is 12.5 Å². The third-order valence-corrected chi connectivity index (χ3v) is 3.11. The maximum atomic E-state index is 11.6. The molecule has 110 valence electrons. The molecule has 1 amide bonds. The second-order valence-corrected chi connectivity index (χ2v) is 4.62.